The molecule has 0 amide bonds. The molecule has 0 aliphatic heterocycles. The summed E-state index contributed by atoms with van der Waals surface area (Å²) in [5, 5.41) is 0. The van der Waals surface area contributed by atoms with Crippen LogP contribution < -0.4 is 0 Å². The summed E-state index contributed by atoms with van der Waals surface area (Å²) in [4.78, 5) is 0. The number of methoxy groups -OCH3 is 1. The maximum Gasteiger partial charge on any atom is 0.345 e. The van der Waals surface area contributed by atoms with E-state index >= 15 is 0 Å². The maximum atomic E-state index is 10.5. The molecule has 0 spiro atoms. The maximum absolute atomic E-state index is 10.5. The molecule has 3 heteroatoms. The zero-order chi connectivity index (χ0) is 4.28. The molecule has 0 aliphatic rings. The topological polar surface area (TPSA) is 9.23 Å². The number of hydrogen-bond acceptors (Lipinski definition) is 1. The van der Waals surface area contributed by atoms with Crippen LogP contribution in [-0.4, -0.2) is 13.7 Å². The van der Waals surface area contributed by atoms with Crippen LogP contribution in [0.3, 0.4) is 0 Å². The van der Waals surface area contributed by atoms with Crippen LogP contribution in [0.5, 0.6) is 0 Å². The van der Waals surface area contributed by atoms with E-state index in [1.54, 1.807) is 0 Å². The average Bonchev–Trinajstić information content (AvgIpc) is 1.38. The Balaban J connectivity index is 2.54. The quantitative estimate of drug-likeness (QED) is 0.455. The fourth-order valence-electron chi connectivity index (χ4n) is 0. The van der Waals surface area contributed by atoms with E-state index in [1.165, 1.54) is 0 Å². The van der Waals surface area contributed by atoms with Gasteiger partial charge in [-0.3, -0.25) is 0 Å². The second kappa shape index (κ2) is 2.08. The Bertz CT molecular complexity index is 21.6. The Morgan fingerprint density at radius 1 is 1.60 bits per heavy atom. The number of ether oxygens (including phenoxy) is 1. The first kappa shape index (κ1) is 4.82. The summed E-state index contributed by atoms with van der Waals surface area (Å²) in [7, 11) is 0.949. The van der Waals surface area contributed by atoms with E-state index in [1.807, 2.05) is 0 Å². The average molecular weight is 82.0 g/mol. The predicted molar refractivity (Wildman–Crippen MR) is 13.0 cm³/mol. The van der Waals surface area contributed by atoms with Gasteiger partial charge in [0.1, 0.15) is 0 Å². The first-order valence-corrected chi connectivity index (χ1v) is 1.08. The van der Waals surface area contributed by atoms with E-state index in [0.29, 0.717) is 0 Å². The highest BCUT2D eigenvalue weighted by atomic mass is 19.3. The van der Waals surface area contributed by atoms with Gasteiger partial charge in [0.25, 0.3) is 0 Å². The lowest BCUT2D eigenvalue weighted by Crippen LogP contribution is -1.89. The van der Waals surface area contributed by atoms with E-state index in [4.69, 9.17) is 0 Å². The molecule has 0 atom stereocenters. The van der Waals surface area contributed by atoms with Gasteiger partial charge in [-0.2, -0.15) is 8.78 Å². The molecule has 0 unspecified atom stereocenters. The van der Waals surface area contributed by atoms with Crippen molar-refractivity contribution in [3.8, 4) is 0 Å². The van der Waals surface area contributed by atoms with Crippen molar-refractivity contribution in [3.05, 3.63) is 0 Å². The van der Waals surface area contributed by atoms with Crippen molar-refractivity contribution in [1.82, 2.24) is 0 Å². The molecule has 0 rings (SSSR count). The molecular formula is C2H4F2O. The molecule has 5 heavy (non-hydrogen) atoms. The van der Waals surface area contributed by atoms with Crippen molar-refractivity contribution in [2.75, 3.05) is 7.11 Å². The van der Waals surface area contributed by atoms with Crippen LogP contribution >= 0.6 is 0 Å². The van der Waals surface area contributed by atoms with Gasteiger partial charge in [-0.15, -0.1) is 0 Å². The third-order valence-corrected chi connectivity index (χ3v) is 0.178. The summed E-state index contributed by atoms with van der Waals surface area (Å²) in [6, 6.07) is 0. The summed E-state index contributed by atoms with van der Waals surface area (Å²) >= 11 is 0. The van der Waals surface area contributed by atoms with Crippen LogP contribution in [0.1, 0.15) is 0 Å². The summed E-state index contributed by atoms with van der Waals surface area (Å²) in [5.41, 5.74) is 0. The molecule has 0 radical (unpaired) electrons. The third-order valence-electron chi connectivity index (χ3n) is 0.178. The van der Waals surface area contributed by atoms with E-state index in [9.17, 15) is 8.78 Å². The summed E-state index contributed by atoms with van der Waals surface area (Å²) in [6.45, 7) is -2.62. The molecule has 0 N–H and O–H groups in total. The largest absolute Gasteiger partial charge is 0.345 e. The minimum atomic E-state index is -2.62. The van der Waals surface area contributed by atoms with Crippen LogP contribution in [0.4, 0.5) is 8.78 Å². The van der Waals surface area contributed by atoms with Crippen molar-refractivity contribution in [2.24, 2.45) is 0 Å². The molecular weight excluding hydrogens is 78.0 g/mol. The van der Waals surface area contributed by atoms with Crippen molar-refractivity contribution >= 4 is 0 Å². The van der Waals surface area contributed by atoms with Crippen molar-refractivity contribution in [1.29, 1.82) is 0 Å². The monoisotopic (exact) mass is 82.0 g/mol. The highest BCUT2D eigenvalue weighted by Crippen LogP contribution is 1.87. The second-order valence-electron chi connectivity index (χ2n) is 0.496. The molecule has 0 saturated carbocycles. The van der Waals surface area contributed by atoms with Gasteiger partial charge in [-0.05, 0) is 0 Å². The molecule has 0 aromatic carbocycles. The number of halogens is 2. The lowest BCUT2D eigenvalue weighted by Gasteiger charge is -1.85. The normalized spacial score (nSPS) is 9.60. The van der Waals surface area contributed by atoms with Crippen molar-refractivity contribution < 1.29 is 13.5 Å². The van der Waals surface area contributed by atoms with E-state index in [2.05, 4.69) is 4.74 Å². The number of hydrogen-bond donors (Lipinski definition) is 0. The number of alkyl halides is 2. The van der Waals surface area contributed by atoms with Gasteiger partial charge >= 0.3 is 6.61 Å². The fourth-order valence-corrected chi connectivity index (χ4v) is 0. The van der Waals surface area contributed by atoms with E-state index < -0.39 is 6.61 Å². The zero-order valence-corrected chi connectivity index (χ0v) is 2.74. The van der Waals surface area contributed by atoms with E-state index in [-0.39, 0.29) is 0 Å². The van der Waals surface area contributed by atoms with Crippen LogP contribution in [-0.2, 0) is 4.74 Å². The Morgan fingerprint density at radius 2 is 1.80 bits per heavy atom. The zero-order valence-electron chi connectivity index (χ0n) is 2.74. The summed E-state index contributed by atoms with van der Waals surface area (Å²) in [5.74, 6) is 0. The standard InChI is InChI=1S/C2H4F2O/c1-5-2(3)4/h2H,1H3. The van der Waals surface area contributed by atoms with Crippen molar-refractivity contribution in [3.63, 3.8) is 0 Å². The van der Waals surface area contributed by atoms with Crippen LogP contribution in [0.15, 0.2) is 0 Å². The molecule has 32 valence electrons. The van der Waals surface area contributed by atoms with Gasteiger partial charge in [-0.25, -0.2) is 0 Å². The second-order valence-corrected chi connectivity index (χ2v) is 0.496. The highest BCUT2D eigenvalue weighted by molar-refractivity contribution is 3.94. The molecule has 0 saturated heterocycles. The summed E-state index contributed by atoms with van der Waals surface area (Å²) in [6.07, 6.45) is 0. The minimum Gasteiger partial charge on any atom is -0.326 e. The highest BCUT2D eigenvalue weighted by Gasteiger charge is 1.90. The molecule has 0 aromatic heterocycles. The first-order valence-electron chi connectivity index (χ1n) is 1.08. The Labute approximate surface area is 28.5 Å². The predicted octanol–water partition coefficient (Wildman–Crippen LogP) is 0.855. The van der Waals surface area contributed by atoms with Crippen LogP contribution in [0, 0.1) is 0 Å². The molecule has 0 aliphatic carbocycles. The number of rotatable bonds is 1. The minimum absolute atomic E-state index is 0.949. The first-order chi connectivity index (χ1) is 2.27. The van der Waals surface area contributed by atoms with Gasteiger partial charge in [0, 0.05) is 7.11 Å². The third kappa shape index (κ3) is 3.82. The van der Waals surface area contributed by atoms with Gasteiger partial charge in [0.05, 0.1) is 0 Å². The van der Waals surface area contributed by atoms with Gasteiger partial charge in [0.2, 0.25) is 0 Å². The smallest absolute Gasteiger partial charge is 0.326 e. The Hall–Kier alpha value is -0.180. The fraction of sp³-hybridized carbons (Fsp3) is 1.00. The molecule has 0 heterocycles. The SMILES string of the molecule is COC(F)F. The Morgan fingerprint density at radius 3 is 1.80 bits per heavy atom. The van der Waals surface area contributed by atoms with Crippen molar-refractivity contribution in [2.45, 2.75) is 6.61 Å². The molecule has 0 aromatic rings. The van der Waals surface area contributed by atoms with Crippen LogP contribution in [0.2, 0.25) is 0 Å². The summed E-state index contributed by atoms with van der Waals surface area (Å²) < 4.78 is 24.5. The van der Waals surface area contributed by atoms with Crippen LogP contribution in [0.25, 0.3) is 0 Å². The van der Waals surface area contributed by atoms with Gasteiger partial charge in [-0.1, -0.05) is 0 Å². The molecule has 1 nitrogen and oxygen atoms in total. The lowest BCUT2D eigenvalue weighted by atomic mass is 11.4. The molecule has 0 bridgehead atoms. The Kier molecular flexibility index (Phi) is 2.01. The van der Waals surface area contributed by atoms with E-state index in [0.717, 1.165) is 7.11 Å². The lowest BCUT2D eigenvalue weighted by molar-refractivity contribution is -0.105. The molecule has 0 fully saturated rings. The van der Waals surface area contributed by atoms with Gasteiger partial charge < -0.3 is 4.74 Å². The van der Waals surface area contributed by atoms with Gasteiger partial charge in [0.15, 0.2) is 0 Å².